The fraction of sp³-hybridized carbons (Fsp3) is 0.278. The van der Waals surface area contributed by atoms with E-state index in [9.17, 15) is 9.90 Å². The number of aromatic hydroxyl groups is 1. The summed E-state index contributed by atoms with van der Waals surface area (Å²) in [5.41, 5.74) is 1.71. The molecule has 0 bridgehead atoms. The van der Waals surface area contributed by atoms with Crippen LogP contribution in [0.2, 0.25) is 0 Å². The van der Waals surface area contributed by atoms with Crippen LogP contribution in [-0.4, -0.2) is 17.1 Å². The predicted molar refractivity (Wildman–Crippen MR) is 87.4 cm³/mol. The second-order valence-corrected chi connectivity index (χ2v) is 5.67. The van der Waals surface area contributed by atoms with Gasteiger partial charge in [-0.3, -0.25) is 4.90 Å². The van der Waals surface area contributed by atoms with Crippen LogP contribution in [0.4, 0.5) is 0 Å². The molecule has 0 spiro atoms. The largest absolute Gasteiger partial charge is 0.508 e. The van der Waals surface area contributed by atoms with Gasteiger partial charge in [0, 0.05) is 24.1 Å². The molecule has 5 nitrogen and oxygen atoms in total. The van der Waals surface area contributed by atoms with Gasteiger partial charge >= 0.3 is 5.63 Å². The normalized spacial score (nSPS) is 11.4. The van der Waals surface area contributed by atoms with Gasteiger partial charge in [-0.05, 0) is 42.8 Å². The van der Waals surface area contributed by atoms with Crippen molar-refractivity contribution in [3.05, 3.63) is 63.9 Å². The van der Waals surface area contributed by atoms with Gasteiger partial charge in [0.05, 0.1) is 12.8 Å². The maximum Gasteiger partial charge on any atom is 0.336 e. The number of aryl methyl sites for hydroxylation is 1. The maximum atomic E-state index is 11.8. The number of phenols is 1. The SMILES string of the molecule is CCc1cc2c(CN(C)Cc3ccco3)cc(=O)oc2cc1O. The van der Waals surface area contributed by atoms with Crippen LogP contribution in [0.15, 0.2) is 50.2 Å². The van der Waals surface area contributed by atoms with Crippen molar-refractivity contribution in [1.82, 2.24) is 4.90 Å². The first-order chi connectivity index (χ1) is 11.1. The molecule has 0 aliphatic carbocycles. The highest BCUT2D eigenvalue weighted by Gasteiger charge is 2.12. The van der Waals surface area contributed by atoms with Crippen molar-refractivity contribution < 1.29 is 13.9 Å². The fourth-order valence-electron chi connectivity index (χ4n) is 2.74. The summed E-state index contributed by atoms with van der Waals surface area (Å²) in [4.78, 5) is 13.8. The standard InChI is InChI=1S/C18H19NO4/c1-3-12-7-15-13(8-18(21)23-17(15)9-16(12)20)10-19(2)11-14-5-4-6-22-14/h4-9,20H,3,10-11H2,1-2H3. The molecular formula is C18H19NO4. The van der Waals surface area contributed by atoms with E-state index < -0.39 is 5.63 Å². The van der Waals surface area contributed by atoms with E-state index in [1.165, 1.54) is 12.1 Å². The highest BCUT2D eigenvalue weighted by Crippen LogP contribution is 2.27. The molecular weight excluding hydrogens is 294 g/mol. The fourth-order valence-corrected chi connectivity index (χ4v) is 2.74. The number of rotatable bonds is 5. The van der Waals surface area contributed by atoms with Gasteiger partial charge in [-0.25, -0.2) is 4.79 Å². The highest BCUT2D eigenvalue weighted by atomic mass is 16.4. The highest BCUT2D eigenvalue weighted by molar-refractivity contribution is 5.82. The smallest absolute Gasteiger partial charge is 0.336 e. The van der Waals surface area contributed by atoms with Gasteiger partial charge in [0.1, 0.15) is 17.1 Å². The van der Waals surface area contributed by atoms with Crippen LogP contribution in [0.5, 0.6) is 5.75 Å². The third-order valence-corrected chi connectivity index (χ3v) is 3.86. The number of hydrogen-bond donors (Lipinski definition) is 1. The second kappa shape index (κ2) is 6.30. The monoisotopic (exact) mass is 313 g/mol. The summed E-state index contributed by atoms with van der Waals surface area (Å²) in [6, 6.07) is 8.69. The Labute approximate surface area is 133 Å². The average Bonchev–Trinajstić information content (AvgIpc) is 2.99. The van der Waals surface area contributed by atoms with E-state index in [0.717, 1.165) is 22.3 Å². The second-order valence-electron chi connectivity index (χ2n) is 5.67. The molecule has 120 valence electrons. The number of furan rings is 1. The minimum Gasteiger partial charge on any atom is -0.508 e. The molecule has 0 aliphatic rings. The molecule has 5 heteroatoms. The lowest BCUT2D eigenvalue weighted by Gasteiger charge is -2.16. The van der Waals surface area contributed by atoms with Gasteiger partial charge in [-0.15, -0.1) is 0 Å². The van der Waals surface area contributed by atoms with Crippen molar-refractivity contribution in [1.29, 1.82) is 0 Å². The van der Waals surface area contributed by atoms with Gasteiger partial charge in [0.2, 0.25) is 0 Å². The van der Waals surface area contributed by atoms with Crippen LogP contribution in [-0.2, 0) is 19.5 Å². The lowest BCUT2D eigenvalue weighted by molar-refractivity contribution is 0.288. The summed E-state index contributed by atoms with van der Waals surface area (Å²) in [5, 5.41) is 10.8. The number of nitrogens with zero attached hydrogens (tertiary/aromatic N) is 1. The van der Waals surface area contributed by atoms with E-state index in [1.54, 1.807) is 6.26 Å². The molecule has 3 rings (SSSR count). The van der Waals surface area contributed by atoms with E-state index in [0.29, 0.717) is 25.1 Å². The van der Waals surface area contributed by atoms with Crippen LogP contribution >= 0.6 is 0 Å². The molecule has 0 aliphatic heterocycles. The van der Waals surface area contributed by atoms with Crippen LogP contribution in [0.25, 0.3) is 11.0 Å². The summed E-state index contributed by atoms with van der Waals surface area (Å²) in [5.74, 6) is 1.02. The van der Waals surface area contributed by atoms with Gasteiger partial charge in [0.15, 0.2) is 0 Å². The molecule has 2 heterocycles. The van der Waals surface area contributed by atoms with Crippen molar-refractivity contribution in [2.45, 2.75) is 26.4 Å². The minimum absolute atomic E-state index is 0.157. The third kappa shape index (κ3) is 3.29. The first-order valence-electron chi connectivity index (χ1n) is 7.56. The first kappa shape index (κ1) is 15.4. The third-order valence-electron chi connectivity index (χ3n) is 3.86. The van der Waals surface area contributed by atoms with E-state index >= 15 is 0 Å². The van der Waals surface area contributed by atoms with E-state index in [2.05, 4.69) is 4.90 Å². The summed E-state index contributed by atoms with van der Waals surface area (Å²) in [7, 11) is 1.96. The molecule has 0 fully saturated rings. The Morgan fingerprint density at radius 2 is 2.00 bits per heavy atom. The van der Waals surface area contributed by atoms with Gasteiger partial charge in [0.25, 0.3) is 0 Å². The minimum atomic E-state index is -0.414. The Kier molecular flexibility index (Phi) is 4.21. The molecule has 1 N–H and O–H groups in total. The summed E-state index contributed by atoms with van der Waals surface area (Å²) in [6.45, 7) is 3.20. The van der Waals surface area contributed by atoms with Crippen molar-refractivity contribution in [3.8, 4) is 5.75 Å². The zero-order chi connectivity index (χ0) is 16.4. The van der Waals surface area contributed by atoms with Crippen molar-refractivity contribution >= 4 is 11.0 Å². The molecule has 0 saturated heterocycles. The quantitative estimate of drug-likeness (QED) is 0.732. The first-order valence-corrected chi connectivity index (χ1v) is 7.56. The summed E-state index contributed by atoms with van der Waals surface area (Å²) >= 11 is 0. The van der Waals surface area contributed by atoms with E-state index in [4.69, 9.17) is 8.83 Å². The molecule has 0 atom stereocenters. The lowest BCUT2D eigenvalue weighted by Crippen LogP contribution is -2.18. The molecule has 3 aromatic rings. The zero-order valence-corrected chi connectivity index (χ0v) is 13.2. The van der Waals surface area contributed by atoms with Crippen LogP contribution in [0.3, 0.4) is 0 Å². The zero-order valence-electron chi connectivity index (χ0n) is 13.2. The van der Waals surface area contributed by atoms with E-state index in [1.807, 2.05) is 32.2 Å². The molecule has 0 unspecified atom stereocenters. The molecule has 2 aromatic heterocycles. The van der Waals surface area contributed by atoms with Crippen LogP contribution in [0, 0.1) is 0 Å². The maximum absolute atomic E-state index is 11.8. The van der Waals surface area contributed by atoms with Crippen molar-refractivity contribution in [2.75, 3.05) is 7.05 Å². The number of fused-ring (bicyclic) bond motifs is 1. The topological polar surface area (TPSA) is 66.8 Å². The number of hydrogen-bond acceptors (Lipinski definition) is 5. The Bertz CT molecular complexity index is 865. The average molecular weight is 313 g/mol. The Hall–Kier alpha value is -2.53. The Balaban J connectivity index is 1.97. The Morgan fingerprint density at radius 3 is 2.70 bits per heavy atom. The predicted octanol–water partition coefficient (Wildman–Crippen LogP) is 3.29. The molecule has 23 heavy (non-hydrogen) atoms. The van der Waals surface area contributed by atoms with Crippen molar-refractivity contribution in [2.24, 2.45) is 0 Å². The Morgan fingerprint density at radius 1 is 1.17 bits per heavy atom. The van der Waals surface area contributed by atoms with Crippen molar-refractivity contribution in [3.63, 3.8) is 0 Å². The molecule has 0 saturated carbocycles. The number of benzene rings is 1. The summed E-state index contributed by atoms with van der Waals surface area (Å²) < 4.78 is 10.6. The molecule has 0 radical (unpaired) electrons. The van der Waals surface area contributed by atoms with Crippen LogP contribution in [0.1, 0.15) is 23.8 Å². The van der Waals surface area contributed by atoms with Gasteiger partial charge in [-0.2, -0.15) is 0 Å². The lowest BCUT2D eigenvalue weighted by atomic mass is 10.0. The van der Waals surface area contributed by atoms with Gasteiger partial charge < -0.3 is 13.9 Å². The molecule has 1 aromatic carbocycles. The van der Waals surface area contributed by atoms with Gasteiger partial charge in [-0.1, -0.05) is 6.92 Å². The van der Waals surface area contributed by atoms with Crippen LogP contribution < -0.4 is 5.63 Å². The summed E-state index contributed by atoms with van der Waals surface area (Å²) in [6.07, 6.45) is 2.36. The number of phenolic OH excluding ortho intramolecular Hbond substituents is 1. The van der Waals surface area contributed by atoms with E-state index in [-0.39, 0.29) is 5.75 Å². The molecule has 0 amide bonds.